The Morgan fingerprint density at radius 1 is 1.12 bits per heavy atom. The van der Waals surface area contributed by atoms with E-state index in [4.69, 9.17) is 9.47 Å². The summed E-state index contributed by atoms with van der Waals surface area (Å²) in [4.78, 5) is 39.3. The van der Waals surface area contributed by atoms with Crippen molar-refractivity contribution in [1.29, 1.82) is 0 Å². The standard InChI is InChI=1S/C24H22BrNO6/c1-31-24(30)16-6-4-14(5-7-16)20-19(21(27)15-8-10-17(25)11-9-15)22(28)23(29)26(20)13-18-3-2-12-32-18/h4-11,18,20,27H,2-3,12-13H2,1H3/b21-19-. The number of amides is 1. The number of hydrogen-bond donors (Lipinski definition) is 1. The van der Waals surface area contributed by atoms with Crippen LogP contribution in [0.1, 0.15) is 40.4 Å². The van der Waals surface area contributed by atoms with Crippen molar-refractivity contribution >= 4 is 39.3 Å². The minimum atomic E-state index is -0.797. The number of methoxy groups -OCH3 is 1. The molecule has 2 aliphatic rings. The van der Waals surface area contributed by atoms with Gasteiger partial charge in [0.2, 0.25) is 0 Å². The number of likely N-dealkylation sites (tertiary alicyclic amines) is 1. The highest BCUT2D eigenvalue weighted by atomic mass is 79.9. The van der Waals surface area contributed by atoms with Crippen molar-refractivity contribution in [2.45, 2.75) is 25.0 Å². The van der Waals surface area contributed by atoms with Gasteiger partial charge in [0.25, 0.3) is 11.7 Å². The predicted octanol–water partition coefficient (Wildman–Crippen LogP) is 3.84. The molecule has 2 aliphatic heterocycles. The van der Waals surface area contributed by atoms with Gasteiger partial charge in [-0.15, -0.1) is 0 Å². The second-order valence-electron chi connectivity index (χ2n) is 7.71. The highest BCUT2D eigenvalue weighted by Gasteiger charge is 2.47. The number of carbonyl (C=O) groups is 3. The summed E-state index contributed by atoms with van der Waals surface area (Å²) in [6, 6.07) is 12.5. The number of hydrogen-bond acceptors (Lipinski definition) is 6. The summed E-state index contributed by atoms with van der Waals surface area (Å²) in [5.74, 6) is -2.15. The van der Waals surface area contributed by atoms with Gasteiger partial charge in [-0.05, 0) is 42.7 Å². The van der Waals surface area contributed by atoms with Gasteiger partial charge in [-0.1, -0.05) is 40.2 Å². The fraction of sp³-hybridized carbons (Fsp3) is 0.292. The van der Waals surface area contributed by atoms with Crippen LogP contribution in [0.25, 0.3) is 5.76 Å². The van der Waals surface area contributed by atoms with E-state index >= 15 is 0 Å². The summed E-state index contributed by atoms with van der Waals surface area (Å²) < 4.78 is 11.3. The zero-order valence-corrected chi connectivity index (χ0v) is 19.0. The molecule has 1 N–H and O–H groups in total. The number of Topliss-reactive ketones (excluding diaryl/α,β-unsaturated/α-hetero) is 1. The summed E-state index contributed by atoms with van der Waals surface area (Å²) in [6.45, 7) is 0.858. The number of nitrogens with zero attached hydrogens (tertiary/aromatic N) is 1. The zero-order valence-electron chi connectivity index (χ0n) is 17.4. The Morgan fingerprint density at radius 3 is 2.38 bits per heavy atom. The maximum absolute atomic E-state index is 13.0. The third kappa shape index (κ3) is 4.20. The van der Waals surface area contributed by atoms with E-state index in [2.05, 4.69) is 15.9 Å². The lowest BCUT2D eigenvalue weighted by molar-refractivity contribution is -0.140. The van der Waals surface area contributed by atoms with Crippen LogP contribution in [0.5, 0.6) is 0 Å². The highest BCUT2D eigenvalue weighted by Crippen LogP contribution is 2.40. The molecule has 0 spiro atoms. The number of halogens is 1. The molecular formula is C24H22BrNO6. The molecule has 1 amide bonds. The largest absolute Gasteiger partial charge is 0.507 e. The fourth-order valence-electron chi connectivity index (χ4n) is 4.11. The predicted molar refractivity (Wildman–Crippen MR) is 120 cm³/mol. The smallest absolute Gasteiger partial charge is 0.337 e. The van der Waals surface area contributed by atoms with Crippen molar-refractivity contribution in [1.82, 2.24) is 4.90 Å². The summed E-state index contributed by atoms with van der Waals surface area (Å²) in [5, 5.41) is 11.0. The monoisotopic (exact) mass is 499 g/mol. The molecule has 0 aromatic heterocycles. The fourth-order valence-corrected chi connectivity index (χ4v) is 4.37. The summed E-state index contributed by atoms with van der Waals surface area (Å²) >= 11 is 3.35. The molecule has 0 radical (unpaired) electrons. The van der Waals surface area contributed by atoms with Crippen molar-refractivity contribution in [2.24, 2.45) is 0 Å². The molecule has 2 aromatic rings. The van der Waals surface area contributed by atoms with Crippen LogP contribution < -0.4 is 0 Å². The zero-order chi connectivity index (χ0) is 22.8. The maximum atomic E-state index is 13.0. The summed E-state index contributed by atoms with van der Waals surface area (Å²) in [5.41, 5.74) is 1.40. The van der Waals surface area contributed by atoms with Crippen LogP contribution >= 0.6 is 15.9 Å². The molecule has 0 aliphatic carbocycles. The lowest BCUT2D eigenvalue weighted by Gasteiger charge is -2.27. The minimum Gasteiger partial charge on any atom is -0.507 e. The SMILES string of the molecule is COC(=O)c1ccc(C2/C(=C(/O)c3ccc(Br)cc3)C(=O)C(=O)N2CC2CCCO2)cc1. The first-order valence-corrected chi connectivity index (χ1v) is 11.0. The van der Waals surface area contributed by atoms with E-state index in [1.54, 1.807) is 48.5 Å². The van der Waals surface area contributed by atoms with Crippen molar-refractivity contribution in [2.75, 3.05) is 20.3 Å². The molecule has 4 rings (SSSR count). The van der Waals surface area contributed by atoms with Crippen molar-refractivity contribution in [3.05, 3.63) is 75.3 Å². The first kappa shape index (κ1) is 22.2. The third-order valence-electron chi connectivity index (χ3n) is 5.73. The Balaban J connectivity index is 1.80. The Kier molecular flexibility index (Phi) is 6.43. The number of ether oxygens (including phenoxy) is 2. The van der Waals surface area contributed by atoms with E-state index in [0.717, 1.165) is 17.3 Å². The number of aliphatic hydroxyl groups is 1. The van der Waals surface area contributed by atoms with Gasteiger partial charge in [-0.2, -0.15) is 0 Å². The summed E-state index contributed by atoms with van der Waals surface area (Å²) in [6.07, 6.45) is 1.52. The lowest BCUT2D eigenvalue weighted by atomic mass is 9.94. The Bertz CT molecular complexity index is 1070. The minimum absolute atomic E-state index is 0.0149. The van der Waals surface area contributed by atoms with E-state index in [1.165, 1.54) is 12.0 Å². The molecule has 2 unspecified atom stereocenters. The Labute approximate surface area is 193 Å². The van der Waals surface area contributed by atoms with Crippen LogP contribution in [0.15, 0.2) is 58.6 Å². The van der Waals surface area contributed by atoms with Gasteiger partial charge in [0.1, 0.15) is 5.76 Å². The molecule has 0 bridgehead atoms. The van der Waals surface area contributed by atoms with Crippen LogP contribution in [0.3, 0.4) is 0 Å². The van der Waals surface area contributed by atoms with Crippen molar-refractivity contribution < 1.29 is 29.0 Å². The van der Waals surface area contributed by atoms with Crippen LogP contribution in [0, 0.1) is 0 Å². The number of ketones is 1. The van der Waals surface area contributed by atoms with Gasteiger partial charge >= 0.3 is 5.97 Å². The van der Waals surface area contributed by atoms with Crippen LogP contribution in [-0.2, 0) is 19.1 Å². The van der Waals surface area contributed by atoms with E-state index < -0.39 is 23.7 Å². The van der Waals surface area contributed by atoms with Crippen LogP contribution in [0.4, 0.5) is 0 Å². The van der Waals surface area contributed by atoms with Gasteiger partial charge in [0.15, 0.2) is 0 Å². The second-order valence-corrected chi connectivity index (χ2v) is 8.62. The molecule has 2 heterocycles. The van der Waals surface area contributed by atoms with E-state index in [9.17, 15) is 19.5 Å². The molecule has 166 valence electrons. The van der Waals surface area contributed by atoms with Crippen LogP contribution in [-0.4, -0.2) is 54.0 Å². The Morgan fingerprint density at radius 2 is 1.78 bits per heavy atom. The first-order valence-electron chi connectivity index (χ1n) is 10.2. The molecule has 2 aromatic carbocycles. The lowest BCUT2D eigenvalue weighted by Crippen LogP contribution is -2.36. The second kappa shape index (κ2) is 9.26. The van der Waals surface area contributed by atoms with Gasteiger partial charge in [-0.25, -0.2) is 4.79 Å². The molecule has 2 atom stereocenters. The van der Waals surface area contributed by atoms with Crippen molar-refractivity contribution in [3.8, 4) is 0 Å². The quantitative estimate of drug-likeness (QED) is 0.290. The average molecular weight is 500 g/mol. The number of carbonyl (C=O) groups excluding carboxylic acids is 3. The highest BCUT2D eigenvalue weighted by molar-refractivity contribution is 9.10. The Hall–Kier alpha value is -2.97. The third-order valence-corrected chi connectivity index (χ3v) is 6.26. The number of aliphatic hydroxyl groups excluding tert-OH is 1. The van der Waals surface area contributed by atoms with Gasteiger partial charge in [0, 0.05) is 23.2 Å². The molecule has 7 nitrogen and oxygen atoms in total. The normalized spacial score (nSPS) is 22.4. The first-order chi connectivity index (χ1) is 15.4. The van der Waals surface area contributed by atoms with Gasteiger partial charge in [-0.3, -0.25) is 9.59 Å². The molecule has 2 saturated heterocycles. The molecule has 8 heteroatoms. The number of esters is 1. The summed E-state index contributed by atoms with van der Waals surface area (Å²) in [7, 11) is 1.30. The van der Waals surface area contributed by atoms with E-state index in [1.807, 2.05) is 0 Å². The van der Waals surface area contributed by atoms with E-state index in [0.29, 0.717) is 23.3 Å². The van der Waals surface area contributed by atoms with Crippen molar-refractivity contribution in [3.63, 3.8) is 0 Å². The maximum Gasteiger partial charge on any atom is 0.337 e. The van der Waals surface area contributed by atoms with Gasteiger partial charge in [0.05, 0.1) is 30.4 Å². The topological polar surface area (TPSA) is 93.1 Å². The van der Waals surface area contributed by atoms with Gasteiger partial charge < -0.3 is 19.5 Å². The molecular weight excluding hydrogens is 478 g/mol. The molecule has 32 heavy (non-hydrogen) atoms. The van der Waals surface area contributed by atoms with E-state index in [-0.39, 0.29) is 24.0 Å². The molecule has 0 saturated carbocycles. The average Bonchev–Trinajstić information content (AvgIpc) is 3.41. The molecule has 2 fully saturated rings. The number of benzene rings is 2. The number of rotatable bonds is 5. The van der Waals surface area contributed by atoms with Crippen LogP contribution in [0.2, 0.25) is 0 Å².